The molecule has 0 spiro atoms. The van der Waals surface area contributed by atoms with E-state index in [0.29, 0.717) is 0 Å². The zero-order valence-corrected chi connectivity index (χ0v) is 23.7. The summed E-state index contributed by atoms with van der Waals surface area (Å²) in [5.41, 5.74) is -1.16. The van der Waals surface area contributed by atoms with E-state index in [1.807, 2.05) is 6.07 Å². The molecule has 1 aromatic heterocycles. The van der Waals surface area contributed by atoms with Crippen molar-refractivity contribution in [1.29, 1.82) is 0 Å². The van der Waals surface area contributed by atoms with Crippen LogP contribution in [0.15, 0.2) is 60.7 Å². The maximum atomic E-state index is 13.9. The van der Waals surface area contributed by atoms with Gasteiger partial charge >= 0.3 is 12.3 Å². The lowest BCUT2D eigenvalue weighted by Gasteiger charge is -2.20. The Labute approximate surface area is 245 Å². The third-order valence-electron chi connectivity index (χ3n) is 6.15. The van der Waals surface area contributed by atoms with Gasteiger partial charge in [0.25, 0.3) is 5.91 Å². The van der Waals surface area contributed by atoms with E-state index in [1.54, 1.807) is 45.0 Å². The highest BCUT2D eigenvalue weighted by Crippen LogP contribution is 2.36. The highest BCUT2D eigenvalue weighted by Gasteiger charge is 2.35. The number of aliphatic hydroxyl groups is 1. The van der Waals surface area contributed by atoms with E-state index in [4.69, 9.17) is 14.2 Å². The SMILES string of the molecule is CC(C)(C)NC(=O)OCc1cc(Oc2cc(C(=O)N3CC(O)C(F)C3)ccc2OCc2ccccc2)nc(C(F)(F)F)c1. The summed E-state index contributed by atoms with van der Waals surface area (Å²) in [6, 6.07) is 15.0. The van der Waals surface area contributed by atoms with Crippen molar-refractivity contribution < 1.29 is 46.5 Å². The standard InChI is InChI=1S/C30H31F4N3O6/c1-29(2,3)36-28(40)42-17-19-11-25(30(32,33)34)35-26(12-19)43-24-13-20(27(39)37-14-21(31)22(38)15-37)9-10-23(24)41-16-18-7-5-4-6-8-18/h4-13,21-22,38H,14-17H2,1-3H3,(H,36,40). The van der Waals surface area contributed by atoms with E-state index < -0.39 is 54.2 Å². The number of hydrogen-bond donors (Lipinski definition) is 2. The number of aliphatic hydroxyl groups excluding tert-OH is 1. The molecule has 2 amide bonds. The first-order chi connectivity index (χ1) is 20.2. The maximum absolute atomic E-state index is 13.9. The minimum atomic E-state index is -4.86. The molecule has 2 aromatic carbocycles. The second-order valence-electron chi connectivity index (χ2n) is 11.0. The molecule has 0 bridgehead atoms. The highest BCUT2D eigenvalue weighted by molar-refractivity contribution is 5.95. The van der Waals surface area contributed by atoms with Gasteiger partial charge in [-0.15, -0.1) is 0 Å². The number of alkyl carbamates (subject to hydrolysis) is 1. The number of carbonyl (C=O) groups is 2. The molecule has 1 aliphatic heterocycles. The van der Waals surface area contributed by atoms with E-state index in [0.717, 1.165) is 16.5 Å². The molecular formula is C30H31F4N3O6. The van der Waals surface area contributed by atoms with Crippen LogP contribution in [0.4, 0.5) is 22.4 Å². The number of nitrogens with zero attached hydrogens (tertiary/aromatic N) is 2. The smallest absolute Gasteiger partial charge is 0.433 e. The van der Waals surface area contributed by atoms with E-state index >= 15 is 0 Å². The molecule has 2 atom stereocenters. The average molecular weight is 606 g/mol. The normalized spacial score (nSPS) is 17.0. The van der Waals surface area contributed by atoms with Gasteiger partial charge < -0.3 is 29.5 Å². The Hall–Kier alpha value is -4.39. The summed E-state index contributed by atoms with van der Waals surface area (Å²) < 4.78 is 71.8. The van der Waals surface area contributed by atoms with Crippen LogP contribution in [0.2, 0.25) is 0 Å². The minimum absolute atomic E-state index is 0.0257. The van der Waals surface area contributed by atoms with Gasteiger partial charge in [0.1, 0.15) is 31.2 Å². The van der Waals surface area contributed by atoms with Gasteiger partial charge in [-0.2, -0.15) is 13.2 Å². The van der Waals surface area contributed by atoms with Gasteiger partial charge in [0, 0.05) is 23.7 Å². The molecule has 0 radical (unpaired) electrons. The van der Waals surface area contributed by atoms with Gasteiger partial charge in [-0.1, -0.05) is 30.3 Å². The van der Waals surface area contributed by atoms with Gasteiger partial charge in [0.2, 0.25) is 5.88 Å². The lowest BCUT2D eigenvalue weighted by Crippen LogP contribution is -2.40. The summed E-state index contributed by atoms with van der Waals surface area (Å²) in [5, 5.41) is 12.3. The van der Waals surface area contributed by atoms with Crippen molar-refractivity contribution in [3.8, 4) is 17.4 Å². The summed E-state index contributed by atoms with van der Waals surface area (Å²) in [4.78, 5) is 29.8. The number of alkyl halides is 4. The summed E-state index contributed by atoms with van der Waals surface area (Å²) in [7, 11) is 0. The molecular weight excluding hydrogens is 574 g/mol. The Morgan fingerprint density at radius 3 is 2.33 bits per heavy atom. The molecule has 13 heteroatoms. The molecule has 0 aliphatic carbocycles. The number of aromatic nitrogens is 1. The molecule has 2 heterocycles. The van der Waals surface area contributed by atoms with E-state index in [2.05, 4.69) is 10.3 Å². The quantitative estimate of drug-likeness (QED) is 0.319. The van der Waals surface area contributed by atoms with E-state index in [1.165, 1.54) is 24.3 Å². The Kier molecular flexibility index (Phi) is 9.43. The summed E-state index contributed by atoms with van der Waals surface area (Å²) in [6.45, 7) is 4.17. The van der Waals surface area contributed by atoms with Crippen LogP contribution in [0, 0.1) is 0 Å². The number of rotatable bonds is 8. The monoisotopic (exact) mass is 605 g/mol. The predicted molar refractivity (Wildman–Crippen MR) is 146 cm³/mol. The predicted octanol–water partition coefficient (Wildman–Crippen LogP) is 5.65. The number of pyridine rings is 1. The molecule has 3 aromatic rings. The molecule has 0 saturated carbocycles. The van der Waals surface area contributed by atoms with Gasteiger partial charge in [-0.05, 0) is 56.2 Å². The molecule has 4 rings (SSSR count). The molecule has 2 unspecified atom stereocenters. The van der Waals surface area contributed by atoms with Crippen molar-refractivity contribution >= 4 is 12.0 Å². The molecule has 43 heavy (non-hydrogen) atoms. The first kappa shape index (κ1) is 31.5. The third-order valence-corrected chi connectivity index (χ3v) is 6.15. The summed E-state index contributed by atoms with van der Waals surface area (Å²) in [5.74, 6) is -1.16. The number of carbonyl (C=O) groups excluding carboxylic acids is 2. The van der Waals surface area contributed by atoms with Crippen molar-refractivity contribution in [3.63, 3.8) is 0 Å². The number of benzene rings is 2. The number of β-amino-alcohol motifs (C(OH)–C–C–N with tert-alkyl or cyclic N) is 1. The zero-order valence-electron chi connectivity index (χ0n) is 23.7. The minimum Gasteiger partial charge on any atom is -0.485 e. The maximum Gasteiger partial charge on any atom is 0.433 e. The Morgan fingerprint density at radius 2 is 1.70 bits per heavy atom. The largest absolute Gasteiger partial charge is 0.485 e. The summed E-state index contributed by atoms with van der Waals surface area (Å²) in [6.07, 6.45) is -8.61. The van der Waals surface area contributed by atoms with Gasteiger partial charge in [0.05, 0.1) is 6.54 Å². The van der Waals surface area contributed by atoms with Crippen LogP contribution in [0.5, 0.6) is 17.4 Å². The molecule has 2 N–H and O–H groups in total. The fraction of sp³-hybridized carbons (Fsp3) is 0.367. The van der Waals surface area contributed by atoms with Crippen LogP contribution in [0.3, 0.4) is 0 Å². The molecule has 1 saturated heterocycles. The van der Waals surface area contributed by atoms with Crippen molar-refractivity contribution in [2.45, 2.75) is 58.0 Å². The van der Waals surface area contributed by atoms with Crippen LogP contribution in [0.25, 0.3) is 0 Å². The fourth-order valence-electron chi connectivity index (χ4n) is 4.11. The number of likely N-dealkylation sites (tertiary alicyclic amines) is 1. The van der Waals surface area contributed by atoms with Crippen molar-refractivity contribution in [3.05, 3.63) is 83.0 Å². The van der Waals surface area contributed by atoms with Crippen LogP contribution in [-0.4, -0.2) is 57.9 Å². The number of halogens is 4. The zero-order chi connectivity index (χ0) is 31.4. The molecule has 9 nitrogen and oxygen atoms in total. The van der Waals surface area contributed by atoms with Crippen molar-refractivity contribution in [1.82, 2.24) is 15.2 Å². The highest BCUT2D eigenvalue weighted by atomic mass is 19.4. The lowest BCUT2D eigenvalue weighted by atomic mass is 10.1. The first-order valence-electron chi connectivity index (χ1n) is 13.3. The second-order valence-corrected chi connectivity index (χ2v) is 11.0. The summed E-state index contributed by atoms with van der Waals surface area (Å²) >= 11 is 0. The van der Waals surface area contributed by atoms with Crippen LogP contribution in [0.1, 0.15) is 48.0 Å². The van der Waals surface area contributed by atoms with Crippen LogP contribution >= 0.6 is 0 Å². The van der Waals surface area contributed by atoms with Gasteiger partial charge in [-0.3, -0.25) is 4.79 Å². The van der Waals surface area contributed by atoms with E-state index in [-0.39, 0.29) is 42.3 Å². The first-order valence-corrected chi connectivity index (χ1v) is 13.3. The number of hydrogen-bond acceptors (Lipinski definition) is 7. The molecule has 1 aliphatic rings. The average Bonchev–Trinajstić information content (AvgIpc) is 3.27. The molecule has 230 valence electrons. The van der Waals surface area contributed by atoms with Crippen LogP contribution in [-0.2, 0) is 24.1 Å². The van der Waals surface area contributed by atoms with Crippen LogP contribution < -0.4 is 14.8 Å². The third kappa shape index (κ3) is 8.80. The van der Waals surface area contributed by atoms with Gasteiger partial charge in [0.15, 0.2) is 11.5 Å². The number of nitrogens with one attached hydrogen (secondary N) is 1. The topological polar surface area (TPSA) is 110 Å². The van der Waals surface area contributed by atoms with E-state index in [9.17, 15) is 32.3 Å². The Bertz CT molecular complexity index is 1440. The Morgan fingerprint density at radius 1 is 0.977 bits per heavy atom. The number of amides is 2. The molecule has 1 fully saturated rings. The number of ether oxygens (including phenoxy) is 3. The van der Waals surface area contributed by atoms with Gasteiger partial charge in [-0.25, -0.2) is 14.2 Å². The van der Waals surface area contributed by atoms with Crippen molar-refractivity contribution in [2.24, 2.45) is 0 Å². The Balaban J connectivity index is 1.65. The fourth-order valence-corrected chi connectivity index (χ4v) is 4.11. The second kappa shape index (κ2) is 12.9. The lowest BCUT2D eigenvalue weighted by molar-refractivity contribution is -0.141. The van der Waals surface area contributed by atoms with Crippen molar-refractivity contribution in [2.75, 3.05) is 13.1 Å².